The van der Waals surface area contributed by atoms with E-state index < -0.39 is 20.2 Å². The van der Waals surface area contributed by atoms with Crippen molar-refractivity contribution in [2.24, 2.45) is 11.3 Å². The highest BCUT2D eigenvalue weighted by molar-refractivity contribution is 14.1. The van der Waals surface area contributed by atoms with Crippen LogP contribution in [0.25, 0.3) is 0 Å². The fraction of sp³-hybridized carbons (Fsp3) is 0.552. The largest absolute Gasteiger partial charge is 0.458 e. The summed E-state index contributed by atoms with van der Waals surface area (Å²) in [5.41, 5.74) is -1.28. The van der Waals surface area contributed by atoms with E-state index in [9.17, 15) is 4.79 Å². The second kappa shape index (κ2) is 8.96. The average molecular weight is 605 g/mol. The summed E-state index contributed by atoms with van der Waals surface area (Å²) in [5, 5.41) is 2.29. The molecule has 0 radical (unpaired) electrons. The lowest BCUT2D eigenvalue weighted by Crippen LogP contribution is -2.68. The number of hydrogen-bond donors (Lipinski definition) is 0. The molecule has 0 amide bonds. The molecule has 35 heavy (non-hydrogen) atoms. The number of alkyl halides is 1. The highest BCUT2D eigenvalue weighted by Crippen LogP contribution is 2.61. The van der Waals surface area contributed by atoms with Gasteiger partial charge < -0.3 is 13.9 Å². The zero-order valence-electron chi connectivity index (χ0n) is 21.4. The molecule has 0 N–H and O–H groups in total. The average Bonchev–Trinajstić information content (AvgIpc) is 3.28. The van der Waals surface area contributed by atoms with Crippen LogP contribution >= 0.6 is 22.6 Å². The molecule has 5 rings (SSSR count). The highest BCUT2D eigenvalue weighted by atomic mass is 127. The molecular formula is C29H37IO4Si. The first kappa shape index (κ1) is 25.4. The van der Waals surface area contributed by atoms with E-state index >= 15 is 0 Å². The number of carbonyl (C=O) groups is 1. The van der Waals surface area contributed by atoms with E-state index in [4.69, 9.17) is 13.9 Å². The molecule has 2 aromatic rings. The van der Waals surface area contributed by atoms with Crippen LogP contribution in [0.2, 0.25) is 5.04 Å². The van der Waals surface area contributed by atoms with E-state index in [-0.39, 0.29) is 28.4 Å². The third-order valence-corrected chi connectivity index (χ3v) is 15.1. The Morgan fingerprint density at radius 2 is 1.60 bits per heavy atom. The Bertz CT molecular complexity index is 1030. The van der Waals surface area contributed by atoms with E-state index in [2.05, 4.69) is 118 Å². The van der Waals surface area contributed by atoms with E-state index in [1.165, 1.54) is 10.4 Å². The maximum absolute atomic E-state index is 13.6. The summed E-state index contributed by atoms with van der Waals surface area (Å²) in [6.45, 7) is 11.2. The summed E-state index contributed by atoms with van der Waals surface area (Å²) >= 11 is 2.47. The van der Waals surface area contributed by atoms with Gasteiger partial charge in [0.1, 0.15) is 12.4 Å². The van der Waals surface area contributed by atoms with Gasteiger partial charge >= 0.3 is 5.97 Å². The number of ether oxygens (including phenoxy) is 2. The molecule has 4 nitrogen and oxygen atoms in total. The molecule has 2 aromatic carbocycles. The third kappa shape index (κ3) is 3.69. The number of rotatable bonds is 4. The van der Waals surface area contributed by atoms with Gasteiger partial charge in [-0.25, -0.2) is 4.79 Å². The van der Waals surface area contributed by atoms with Crippen molar-refractivity contribution >= 4 is 47.3 Å². The summed E-state index contributed by atoms with van der Waals surface area (Å²) in [6, 6.07) is 21.3. The topological polar surface area (TPSA) is 44.8 Å². The molecule has 2 saturated heterocycles. The summed E-state index contributed by atoms with van der Waals surface area (Å²) in [7, 11) is -2.79. The van der Waals surface area contributed by atoms with Gasteiger partial charge in [0, 0.05) is 21.7 Å². The number of benzene rings is 2. The summed E-state index contributed by atoms with van der Waals surface area (Å²) < 4.78 is 20.6. The van der Waals surface area contributed by atoms with Gasteiger partial charge in [0.05, 0.1) is 0 Å². The first-order valence-corrected chi connectivity index (χ1v) is 16.0. The number of esters is 1. The van der Waals surface area contributed by atoms with Crippen LogP contribution in [0.3, 0.4) is 0 Å². The van der Waals surface area contributed by atoms with Gasteiger partial charge in [0.15, 0.2) is 5.60 Å². The molecular weight excluding hydrogens is 567 g/mol. The van der Waals surface area contributed by atoms with Gasteiger partial charge in [-0.1, -0.05) is 124 Å². The highest BCUT2D eigenvalue weighted by Gasteiger charge is 2.73. The number of hydrogen-bond acceptors (Lipinski definition) is 4. The zero-order chi connectivity index (χ0) is 25.1. The molecule has 0 unspecified atom stereocenters. The molecule has 0 bridgehead atoms. The summed E-state index contributed by atoms with van der Waals surface area (Å²) in [5.74, 6) is -0.162. The fourth-order valence-electron chi connectivity index (χ4n) is 7.13. The Morgan fingerprint density at radius 1 is 1.03 bits per heavy atom. The predicted molar refractivity (Wildman–Crippen MR) is 150 cm³/mol. The van der Waals surface area contributed by atoms with Crippen molar-refractivity contribution in [1.82, 2.24) is 0 Å². The lowest BCUT2D eigenvalue weighted by molar-refractivity contribution is -0.188. The molecule has 188 valence electrons. The van der Waals surface area contributed by atoms with Gasteiger partial charge in [-0.05, 0) is 28.3 Å². The van der Waals surface area contributed by atoms with Crippen molar-refractivity contribution in [3.63, 3.8) is 0 Å². The molecule has 0 aromatic heterocycles. The van der Waals surface area contributed by atoms with Gasteiger partial charge in [0.25, 0.3) is 8.32 Å². The van der Waals surface area contributed by atoms with Gasteiger partial charge in [-0.15, -0.1) is 0 Å². The third-order valence-electron chi connectivity index (χ3n) is 8.80. The van der Waals surface area contributed by atoms with Crippen molar-refractivity contribution in [1.29, 1.82) is 0 Å². The van der Waals surface area contributed by atoms with Gasteiger partial charge in [-0.2, -0.15) is 0 Å². The van der Waals surface area contributed by atoms with Crippen LogP contribution in [0.5, 0.6) is 0 Å². The Labute approximate surface area is 224 Å². The standard InChI is InChI=1S/C29H37IO4Si/c1-20-19-24(33-29(20)26(31)32-25-23(30)17-12-18-28(25,29)5)34-35(27(2,3)4,21-13-8-6-9-14-21)22-15-10-7-11-16-22/h6-11,13-16,20,23-25H,12,17-19H2,1-5H3/t20-,23+,24-,25-,28+,29-/m1/s1. The van der Waals surface area contributed by atoms with E-state index in [0.717, 1.165) is 19.3 Å². The van der Waals surface area contributed by atoms with Crippen LogP contribution in [0, 0.1) is 11.3 Å². The van der Waals surface area contributed by atoms with E-state index in [0.29, 0.717) is 10.3 Å². The van der Waals surface area contributed by atoms with E-state index in [1.807, 2.05) is 0 Å². The minimum atomic E-state index is -2.79. The van der Waals surface area contributed by atoms with Crippen molar-refractivity contribution in [3.05, 3.63) is 60.7 Å². The monoisotopic (exact) mass is 604 g/mol. The normalized spacial score (nSPS) is 35.2. The lowest BCUT2D eigenvalue weighted by atomic mass is 9.61. The molecule has 2 aliphatic heterocycles. The Morgan fingerprint density at radius 3 is 2.14 bits per heavy atom. The lowest BCUT2D eigenvalue weighted by Gasteiger charge is -2.46. The van der Waals surface area contributed by atoms with Crippen LogP contribution in [0.1, 0.15) is 60.3 Å². The molecule has 1 spiro atoms. The maximum atomic E-state index is 13.6. The zero-order valence-corrected chi connectivity index (χ0v) is 24.6. The van der Waals surface area contributed by atoms with Crippen molar-refractivity contribution in [2.75, 3.05) is 0 Å². The minimum absolute atomic E-state index is 0.0231. The number of carbonyl (C=O) groups excluding carboxylic acids is 1. The SMILES string of the molecule is C[C@@H]1C[C@@H](O[Si](c2ccccc2)(c2ccccc2)C(C)(C)C)O[C@@]12C(=O)O[C@@H]1[C@@H](I)CCC[C@@]12C. The molecule has 1 saturated carbocycles. The van der Waals surface area contributed by atoms with E-state index in [1.54, 1.807) is 0 Å². The smallest absolute Gasteiger partial charge is 0.339 e. The number of halogens is 1. The van der Waals surface area contributed by atoms with Crippen LogP contribution in [0.4, 0.5) is 0 Å². The summed E-state index contributed by atoms with van der Waals surface area (Å²) in [6.07, 6.45) is 3.25. The Balaban J connectivity index is 1.58. The maximum Gasteiger partial charge on any atom is 0.339 e. The van der Waals surface area contributed by atoms with Crippen molar-refractivity contribution in [3.8, 4) is 0 Å². The minimum Gasteiger partial charge on any atom is -0.458 e. The first-order valence-electron chi connectivity index (χ1n) is 12.9. The van der Waals surface area contributed by atoms with Crippen LogP contribution in [-0.4, -0.2) is 36.2 Å². The quantitative estimate of drug-likeness (QED) is 0.197. The molecule has 6 heteroatoms. The first-order chi connectivity index (χ1) is 16.6. The van der Waals surface area contributed by atoms with Crippen LogP contribution < -0.4 is 10.4 Å². The van der Waals surface area contributed by atoms with Gasteiger partial charge in [-0.3, -0.25) is 0 Å². The molecule has 2 heterocycles. The van der Waals surface area contributed by atoms with Gasteiger partial charge in [0.2, 0.25) is 0 Å². The van der Waals surface area contributed by atoms with Crippen LogP contribution in [-0.2, 0) is 18.7 Å². The summed E-state index contributed by atoms with van der Waals surface area (Å²) in [4.78, 5) is 13.6. The molecule has 1 aliphatic carbocycles. The molecule has 3 fully saturated rings. The molecule has 6 atom stereocenters. The second-order valence-corrected chi connectivity index (χ2v) is 17.7. The Hall–Kier alpha value is -1.22. The molecule has 3 aliphatic rings. The predicted octanol–water partition coefficient (Wildman–Crippen LogP) is 5.60. The fourth-order valence-corrected chi connectivity index (χ4v) is 13.1. The number of fused-ring (bicyclic) bond motifs is 2. The van der Waals surface area contributed by atoms with Crippen molar-refractivity contribution < 1.29 is 18.7 Å². The van der Waals surface area contributed by atoms with Crippen LogP contribution in [0.15, 0.2) is 60.7 Å². The van der Waals surface area contributed by atoms with Crippen molar-refractivity contribution in [2.45, 2.75) is 87.3 Å². The second-order valence-electron chi connectivity index (χ2n) is 11.9. The Kier molecular flexibility index (Phi) is 6.51.